The van der Waals surface area contributed by atoms with Gasteiger partial charge in [0.15, 0.2) is 0 Å². The molecule has 2 rings (SSSR count). The molecule has 1 N–H and O–H groups in total. The number of carbonyl (C=O) groups is 1. The number of ether oxygens (including phenoxy) is 1. The van der Waals surface area contributed by atoms with E-state index in [9.17, 15) is 4.79 Å². The second-order valence-electron chi connectivity index (χ2n) is 5.34. The van der Waals surface area contributed by atoms with Crippen molar-refractivity contribution >= 4 is 5.91 Å². The largest absolute Gasteiger partial charge is 0.497 e. The van der Waals surface area contributed by atoms with Crippen molar-refractivity contribution in [2.75, 3.05) is 21.2 Å². The third-order valence-corrected chi connectivity index (χ3v) is 3.51. The van der Waals surface area contributed by atoms with Gasteiger partial charge in [-0.1, -0.05) is 42.5 Å². The molecule has 0 aliphatic heterocycles. The smallest absolute Gasteiger partial charge is 0.242 e. The highest BCUT2D eigenvalue weighted by molar-refractivity contribution is 5.83. The molecule has 1 unspecified atom stereocenters. The topological polar surface area (TPSA) is 41.6 Å². The monoisotopic (exact) mass is 298 g/mol. The number of hydrogen-bond acceptors (Lipinski definition) is 3. The van der Waals surface area contributed by atoms with E-state index in [1.54, 1.807) is 7.11 Å². The van der Waals surface area contributed by atoms with Crippen LogP contribution in [-0.4, -0.2) is 32.0 Å². The Labute approximate surface area is 131 Å². The zero-order chi connectivity index (χ0) is 15.9. The number of nitrogens with one attached hydrogen (secondary N) is 1. The standard InChI is InChI=1S/C18H22N2O2/c1-20(2)17(15-7-5-4-6-8-15)18(21)19-13-14-9-11-16(22-3)12-10-14/h4-12,17H,13H2,1-3H3,(H,19,21). The van der Waals surface area contributed by atoms with Crippen molar-refractivity contribution in [1.82, 2.24) is 10.2 Å². The molecule has 0 saturated carbocycles. The third-order valence-electron chi connectivity index (χ3n) is 3.51. The summed E-state index contributed by atoms with van der Waals surface area (Å²) in [4.78, 5) is 14.4. The Balaban J connectivity index is 2.02. The van der Waals surface area contributed by atoms with Crippen LogP contribution in [0.15, 0.2) is 54.6 Å². The second-order valence-corrected chi connectivity index (χ2v) is 5.34. The molecule has 22 heavy (non-hydrogen) atoms. The summed E-state index contributed by atoms with van der Waals surface area (Å²) in [5.74, 6) is 0.803. The molecule has 0 fully saturated rings. The van der Waals surface area contributed by atoms with E-state index in [4.69, 9.17) is 4.74 Å². The fourth-order valence-electron chi connectivity index (χ4n) is 2.35. The quantitative estimate of drug-likeness (QED) is 0.891. The molecule has 116 valence electrons. The van der Waals surface area contributed by atoms with Gasteiger partial charge in [0.1, 0.15) is 11.8 Å². The van der Waals surface area contributed by atoms with Crippen LogP contribution in [0.2, 0.25) is 0 Å². The molecule has 2 aromatic rings. The number of likely N-dealkylation sites (N-methyl/N-ethyl adjacent to an activating group) is 1. The Morgan fingerprint density at radius 2 is 1.73 bits per heavy atom. The fourth-order valence-corrected chi connectivity index (χ4v) is 2.35. The summed E-state index contributed by atoms with van der Waals surface area (Å²) in [6.45, 7) is 0.500. The highest BCUT2D eigenvalue weighted by atomic mass is 16.5. The lowest BCUT2D eigenvalue weighted by Crippen LogP contribution is -2.36. The van der Waals surface area contributed by atoms with Crippen LogP contribution < -0.4 is 10.1 Å². The van der Waals surface area contributed by atoms with Crippen LogP contribution >= 0.6 is 0 Å². The molecule has 1 atom stereocenters. The Kier molecular flexibility index (Phi) is 5.55. The third kappa shape index (κ3) is 4.09. The van der Waals surface area contributed by atoms with Crippen LogP contribution in [0.1, 0.15) is 17.2 Å². The molecule has 4 heteroatoms. The van der Waals surface area contributed by atoms with E-state index >= 15 is 0 Å². The summed E-state index contributed by atoms with van der Waals surface area (Å²) in [5.41, 5.74) is 2.03. The zero-order valence-corrected chi connectivity index (χ0v) is 13.2. The first-order valence-corrected chi connectivity index (χ1v) is 7.24. The molecule has 0 aliphatic carbocycles. The van der Waals surface area contributed by atoms with Crippen LogP contribution in [-0.2, 0) is 11.3 Å². The van der Waals surface area contributed by atoms with Crippen LogP contribution in [0.25, 0.3) is 0 Å². The molecule has 0 radical (unpaired) electrons. The minimum absolute atomic E-state index is 0.00739. The second kappa shape index (κ2) is 7.61. The van der Waals surface area contributed by atoms with E-state index in [1.807, 2.05) is 73.6 Å². The molecular formula is C18H22N2O2. The number of methoxy groups -OCH3 is 1. The van der Waals surface area contributed by atoms with Crippen LogP contribution in [0, 0.1) is 0 Å². The molecule has 1 amide bonds. The van der Waals surface area contributed by atoms with Gasteiger partial charge in [-0.25, -0.2) is 0 Å². The molecule has 0 spiro atoms. The summed E-state index contributed by atoms with van der Waals surface area (Å²) < 4.78 is 5.13. The van der Waals surface area contributed by atoms with Crippen LogP contribution in [0.3, 0.4) is 0 Å². The number of hydrogen-bond donors (Lipinski definition) is 1. The summed E-state index contributed by atoms with van der Waals surface area (Å²) in [6, 6.07) is 17.2. The highest BCUT2D eigenvalue weighted by Crippen LogP contribution is 2.18. The lowest BCUT2D eigenvalue weighted by atomic mass is 10.1. The Morgan fingerprint density at radius 3 is 2.27 bits per heavy atom. The molecule has 0 heterocycles. The number of carbonyl (C=O) groups excluding carboxylic acids is 1. The van der Waals surface area contributed by atoms with Crippen molar-refractivity contribution < 1.29 is 9.53 Å². The van der Waals surface area contributed by atoms with Gasteiger partial charge in [0.2, 0.25) is 5.91 Å². The predicted molar refractivity (Wildman–Crippen MR) is 87.7 cm³/mol. The van der Waals surface area contributed by atoms with Crippen molar-refractivity contribution in [2.24, 2.45) is 0 Å². The number of amides is 1. The van der Waals surface area contributed by atoms with Gasteiger partial charge >= 0.3 is 0 Å². The maximum absolute atomic E-state index is 12.5. The summed E-state index contributed by atoms with van der Waals surface area (Å²) >= 11 is 0. The highest BCUT2D eigenvalue weighted by Gasteiger charge is 2.22. The normalized spacial score (nSPS) is 12.0. The first kappa shape index (κ1) is 16.0. The summed E-state index contributed by atoms with van der Waals surface area (Å²) in [6.07, 6.45) is 0. The van der Waals surface area contributed by atoms with Gasteiger partial charge in [-0.15, -0.1) is 0 Å². The van der Waals surface area contributed by atoms with Crippen molar-refractivity contribution in [1.29, 1.82) is 0 Å². The van der Waals surface area contributed by atoms with Gasteiger partial charge in [-0.3, -0.25) is 9.69 Å². The molecule has 0 aromatic heterocycles. The number of rotatable bonds is 6. The van der Waals surface area contributed by atoms with Gasteiger partial charge in [0, 0.05) is 6.54 Å². The zero-order valence-electron chi connectivity index (χ0n) is 13.2. The van der Waals surface area contributed by atoms with E-state index in [0.717, 1.165) is 16.9 Å². The van der Waals surface area contributed by atoms with Gasteiger partial charge in [0.05, 0.1) is 7.11 Å². The minimum Gasteiger partial charge on any atom is -0.497 e. The van der Waals surface area contributed by atoms with Gasteiger partial charge in [0.25, 0.3) is 0 Å². The van der Waals surface area contributed by atoms with Crippen LogP contribution in [0.5, 0.6) is 5.75 Å². The fraction of sp³-hybridized carbons (Fsp3) is 0.278. The molecule has 0 aliphatic rings. The first-order valence-electron chi connectivity index (χ1n) is 7.24. The molecule has 4 nitrogen and oxygen atoms in total. The molecule has 0 bridgehead atoms. The number of nitrogens with zero attached hydrogens (tertiary/aromatic N) is 1. The van der Waals surface area contributed by atoms with Gasteiger partial charge < -0.3 is 10.1 Å². The lowest BCUT2D eigenvalue weighted by Gasteiger charge is -2.23. The lowest BCUT2D eigenvalue weighted by molar-refractivity contribution is -0.125. The Hall–Kier alpha value is -2.33. The minimum atomic E-state index is -0.292. The number of benzene rings is 2. The predicted octanol–water partition coefficient (Wildman–Crippen LogP) is 2.61. The Morgan fingerprint density at radius 1 is 1.09 bits per heavy atom. The van der Waals surface area contributed by atoms with Crippen molar-refractivity contribution in [3.63, 3.8) is 0 Å². The van der Waals surface area contributed by atoms with Gasteiger partial charge in [-0.2, -0.15) is 0 Å². The molecule has 2 aromatic carbocycles. The van der Waals surface area contributed by atoms with E-state index in [1.165, 1.54) is 0 Å². The summed E-state index contributed by atoms with van der Waals surface area (Å²) in [7, 11) is 5.45. The molecular weight excluding hydrogens is 276 g/mol. The SMILES string of the molecule is COc1ccc(CNC(=O)C(c2ccccc2)N(C)C)cc1. The van der Waals surface area contributed by atoms with Crippen molar-refractivity contribution in [3.8, 4) is 5.75 Å². The maximum Gasteiger partial charge on any atom is 0.242 e. The van der Waals surface area contributed by atoms with E-state index < -0.39 is 0 Å². The maximum atomic E-state index is 12.5. The van der Waals surface area contributed by atoms with Crippen molar-refractivity contribution in [3.05, 3.63) is 65.7 Å². The first-order chi connectivity index (χ1) is 10.6. The average Bonchev–Trinajstić information content (AvgIpc) is 2.54. The molecule has 0 saturated heterocycles. The summed E-state index contributed by atoms with van der Waals surface area (Å²) in [5, 5.41) is 2.99. The van der Waals surface area contributed by atoms with E-state index in [0.29, 0.717) is 6.54 Å². The van der Waals surface area contributed by atoms with Crippen LogP contribution in [0.4, 0.5) is 0 Å². The van der Waals surface area contributed by atoms with Crippen molar-refractivity contribution in [2.45, 2.75) is 12.6 Å². The average molecular weight is 298 g/mol. The van der Waals surface area contributed by atoms with E-state index in [-0.39, 0.29) is 11.9 Å². The van der Waals surface area contributed by atoms with E-state index in [2.05, 4.69) is 5.32 Å². The Bertz CT molecular complexity index is 594. The van der Waals surface area contributed by atoms with Gasteiger partial charge in [-0.05, 0) is 37.4 Å².